The molecule has 1 aliphatic heterocycles. The molecular formula is C19H19N3O2S. The minimum absolute atomic E-state index is 0.318. The first-order chi connectivity index (χ1) is 12.0. The largest absolute Gasteiger partial charge is 0.452 e. The molecule has 128 valence electrons. The van der Waals surface area contributed by atoms with Crippen LogP contribution in [-0.2, 0) is 11.2 Å². The number of carbonyl (C=O) groups is 1. The Labute approximate surface area is 152 Å². The van der Waals surface area contributed by atoms with Gasteiger partial charge in [-0.2, -0.15) is 5.10 Å². The van der Waals surface area contributed by atoms with Crippen LogP contribution in [0.5, 0.6) is 0 Å². The van der Waals surface area contributed by atoms with Crippen LogP contribution in [0.1, 0.15) is 28.4 Å². The number of cyclic esters (lactones) is 1. The Morgan fingerprint density at radius 3 is 2.72 bits per heavy atom. The molecule has 1 atom stereocenters. The second-order valence-electron chi connectivity index (χ2n) is 5.89. The number of hydrogen-bond acceptors (Lipinski definition) is 4. The minimum Gasteiger partial charge on any atom is -0.452 e. The number of para-hydroxylation sites is 1. The average Bonchev–Trinajstić information content (AvgIpc) is 2.61. The molecule has 3 rings (SSSR count). The second-order valence-corrected chi connectivity index (χ2v) is 6.30. The highest BCUT2D eigenvalue weighted by Gasteiger charge is 2.27. The van der Waals surface area contributed by atoms with Crippen molar-refractivity contribution in [3.63, 3.8) is 0 Å². The summed E-state index contributed by atoms with van der Waals surface area (Å²) in [4.78, 5) is 12.1. The van der Waals surface area contributed by atoms with Crippen molar-refractivity contribution in [1.82, 2.24) is 5.43 Å². The molecule has 0 aliphatic carbocycles. The number of fused-ring (bicyclic) bond motifs is 1. The Morgan fingerprint density at radius 1 is 1.20 bits per heavy atom. The van der Waals surface area contributed by atoms with E-state index in [-0.39, 0.29) is 5.97 Å². The van der Waals surface area contributed by atoms with E-state index in [9.17, 15) is 4.79 Å². The summed E-state index contributed by atoms with van der Waals surface area (Å²) in [5.41, 5.74) is 7.08. The lowest BCUT2D eigenvalue weighted by molar-refractivity contribution is 0.0389. The highest BCUT2D eigenvalue weighted by atomic mass is 32.1. The lowest BCUT2D eigenvalue weighted by atomic mass is 9.97. The van der Waals surface area contributed by atoms with E-state index in [0.29, 0.717) is 22.8 Å². The first-order valence-corrected chi connectivity index (χ1v) is 8.41. The molecule has 5 nitrogen and oxygen atoms in total. The number of ether oxygens (including phenoxy) is 1. The predicted octanol–water partition coefficient (Wildman–Crippen LogP) is 3.44. The molecule has 2 N–H and O–H groups in total. The molecule has 0 aromatic heterocycles. The van der Waals surface area contributed by atoms with Crippen molar-refractivity contribution in [1.29, 1.82) is 0 Å². The standard InChI is InChI=1S/C19H19N3O2S/c1-12-7-3-6-10-16(12)20-19(25)22-21-13(2)17-11-14-8-4-5-9-15(14)18(23)24-17/h3-10,17H,11H2,1-2H3,(H2,20,22,25). The van der Waals surface area contributed by atoms with E-state index >= 15 is 0 Å². The maximum atomic E-state index is 12.1. The van der Waals surface area contributed by atoms with Crippen LogP contribution in [0, 0.1) is 6.92 Å². The number of thiocarbonyl (C=S) groups is 1. The number of benzene rings is 2. The van der Waals surface area contributed by atoms with Crippen LogP contribution < -0.4 is 10.7 Å². The number of anilines is 1. The number of hydrogen-bond donors (Lipinski definition) is 2. The first-order valence-electron chi connectivity index (χ1n) is 8.00. The molecule has 2 aromatic carbocycles. The summed E-state index contributed by atoms with van der Waals surface area (Å²) in [7, 11) is 0. The van der Waals surface area contributed by atoms with E-state index in [2.05, 4.69) is 15.8 Å². The number of rotatable bonds is 3. The number of nitrogens with zero attached hydrogens (tertiary/aromatic N) is 1. The van der Waals surface area contributed by atoms with Gasteiger partial charge in [-0.1, -0.05) is 36.4 Å². The monoisotopic (exact) mass is 353 g/mol. The Morgan fingerprint density at radius 2 is 1.92 bits per heavy atom. The normalized spacial score (nSPS) is 16.6. The van der Waals surface area contributed by atoms with Crippen molar-refractivity contribution >= 4 is 34.7 Å². The van der Waals surface area contributed by atoms with Gasteiger partial charge in [0.15, 0.2) is 5.11 Å². The van der Waals surface area contributed by atoms with Crippen LogP contribution in [0.3, 0.4) is 0 Å². The van der Waals surface area contributed by atoms with Crippen molar-refractivity contribution < 1.29 is 9.53 Å². The zero-order valence-electron chi connectivity index (χ0n) is 14.1. The quantitative estimate of drug-likeness (QED) is 0.383. The Balaban J connectivity index is 1.63. The van der Waals surface area contributed by atoms with Crippen LogP contribution in [0.4, 0.5) is 5.69 Å². The van der Waals surface area contributed by atoms with E-state index in [1.807, 2.05) is 56.3 Å². The molecule has 1 aliphatic rings. The van der Waals surface area contributed by atoms with E-state index < -0.39 is 6.10 Å². The van der Waals surface area contributed by atoms with E-state index in [1.54, 1.807) is 6.07 Å². The van der Waals surface area contributed by atoms with Crippen molar-refractivity contribution in [3.05, 3.63) is 65.2 Å². The lowest BCUT2D eigenvalue weighted by Crippen LogP contribution is -2.35. The van der Waals surface area contributed by atoms with Crippen molar-refractivity contribution in [2.24, 2.45) is 5.10 Å². The summed E-state index contributed by atoms with van der Waals surface area (Å²) in [6.45, 7) is 3.81. The van der Waals surface area contributed by atoms with E-state index in [0.717, 1.165) is 16.8 Å². The van der Waals surface area contributed by atoms with Gasteiger partial charge in [0.25, 0.3) is 0 Å². The molecule has 0 fully saturated rings. The Kier molecular flexibility index (Phi) is 5.09. The zero-order valence-corrected chi connectivity index (χ0v) is 14.9. The van der Waals surface area contributed by atoms with Crippen LogP contribution >= 0.6 is 12.2 Å². The molecule has 2 aromatic rings. The van der Waals surface area contributed by atoms with Crippen LogP contribution in [0.15, 0.2) is 53.6 Å². The topological polar surface area (TPSA) is 62.7 Å². The number of carbonyl (C=O) groups excluding carboxylic acids is 1. The molecule has 0 bridgehead atoms. The molecule has 0 radical (unpaired) electrons. The third kappa shape index (κ3) is 4.03. The van der Waals surface area contributed by atoms with Crippen LogP contribution in [0.25, 0.3) is 0 Å². The summed E-state index contributed by atoms with van der Waals surface area (Å²) in [5.74, 6) is -0.318. The molecule has 25 heavy (non-hydrogen) atoms. The van der Waals surface area contributed by atoms with Gasteiger partial charge in [0, 0.05) is 12.1 Å². The van der Waals surface area contributed by atoms with Gasteiger partial charge < -0.3 is 10.1 Å². The summed E-state index contributed by atoms with van der Waals surface area (Å²) < 4.78 is 5.47. The molecule has 6 heteroatoms. The molecular weight excluding hydrogens is 334 g/mol. The number of nitrogens with one attached hydrogen (secondary N) is 2. The molecule has 0 saturated heterocycles. The maximum absolute atomic E-state index is 12.1. The lowest BCUT2D eigenvalue weighted by Gasteiger charge is -2.24. The number of hydrazone groups is 1. The van der Waals surface area contributed by atoms with Gasteiger partial charge in [-0.25, -0.2) is 4.79 Å². The summed E-state index contributed by atoms with van der Waals surface area (Å²) in [5, 5.41) is 7.75. The minimum atomic E-state index is -0.392. The van der Waals surface area contributed by atoms with Gasteiger partial charge in [-0.15, -0.1) is 0 Å². The van der Waals surface area contributed by atoms with Crippen LogP contribution in [-0.4, -0.2) is 22.9 Å². The predicted molar refractivity (Wildman–Crippen MR) is 103 cm³/mol. The Hall–Kier alpha value is -2.73. The third-order valence-corrected chi connectivity index (χ3v) is 4.28. The highest BCUT2D eigenvalue weighted by molar-refractivity contribution is 7.80. The van der Waals surface area contributed by atoms with Gasteiger partial charge in [0.1, 0.15) is 6.10 Å². The fraction of sp³-hybridized carbons (Fsp3) is 0.211. The fourth-order valence-corrected chi connectivity index (χ4v) is 2.79. The van der Waals surface area contributed by atoms with E-state index in [4.69, 9.17) is 17.0 Å². The molecule has 0 saturated carbocycles. The first kappa shape index (κ1) is 17.1. The number of aryl methyl sites for hydroxylation is 1. The molecule has 0 spiro atoms. The second kappa shape index (κ2) is 7.44. The van der Waals surface area contributed by atoms with Gasteiger partial charge in [0.05, 0.1) is 11.3 Å². The van der Waals surface area contributed by atoms with Crippen molar-refractivity contribution in [2.45, 2.75) is 26.4 Å². The third-order valence-electron chi connectivity index (χ3n) is 4.08. The zero-order chi connectivity index (χ0) is 17.8. The SMILES string of the molecule is CC(=NNC(=S)Nc1ccccc1C)C1Cc2ccccc2C(=O)O1. The van der Waals surface area contributed by atoms with Gasteiger partial charge in [0.2, 0.25) is 0 Å². The molecule has 0 amide bonds. The van der Waals surface area contributed by atoms with Gasteiger partial charge >= 0.3 is 5.97 Å². The van der Waals surface area contributed by atoms with Crippen molar-refractivity contribution in [2.75, 3.05) is 5.32 Å². The van der Waals surface area contributed by atoms with Crippen LogP contribution in [0.2, 0.25) is 0 Å². The summed E-state index contributed by atoms with van der Waals surface area (Å²) in [6.07, 6.45) is 0.216. The maximum Gasteiger partial charge on any atom is 0.339 e. The average molecular weight is 353 g/mol. The molecule has 1 heterocycles. The van der Waals surface area contributed by atoms with Crippen molar-refractivity contribution in [3.8, 4) is 0 Å². The summed E-state index contributed by atoms with van der Waals surface area (Å²) in [6, 6.07) is 15.3. The smallest absolute Gasteiger partial charge is 0.339 e. The fourth-order valence-electron chi connectivity index (χ4n) is 2.64. The molecule has 1 unspecified atom stereocenters. The Bertz CT molecular complexity index is 848. The number of esters is 1. The summed E-state index contributed by atoms with van der Waals surface area (Å²) >= 11 is 5.26. The van der Waals surface area contributed by atoms with Gasteiger partial charge in [-0.05, 0) is 49.3 Å². The highest BCUT2D eigenvalue weighted by Crippen LogP contribution is 2.21. The van der Waals surface area contributed by atoms with Gasteiger partial charge in [-0.3, -0.25) is 5.43 Å². The van der Waals surface area contributed by atoms with E-state index in [1.165, 1.54) is 0 Å².